The van der Waals surface area contributed by atoms with E-state index in [1.165, 1.54) is 6.92 Å². The predicted octanol–water partition coefficient (Wildman–Crippen LogP) is 3.57. The van der Waals surface area contributed by atoms with Crippen LogP contribution < -0.4 is 10.6 Å². The van der Waals surface area contributed by atoms with Gasteiger partial charge in [0.2, 0.25) is 0 Å². The Labute approximate surface area is 115 Å². The molecule has 0 radical (unpaired) electrons. The second-order valence-corrected chi connectivity index (χ2v) is 4.33. The van der Waals surface area contributed by atoms with Crippen molar-refractivity contribution in [3.05, 3.63) is 59.2 Å². The maximum Gasteiger partial charge on any atom is 0.257 e. The Balaban J connectivity index is 2.30. The molecule has 2 rings (SSSR count). The van der Waals surface area contributed by atoms with E-state index >= 15 is 0 Å². The van der Waals surface area contributed by atoms with E-state index < -0.39 is 17.5 Å². The normalized spacial score (nSPS) is 10.2. The summed E-state index contributed by atoms with van der Waals surface area (Å²) in [7, 11) is 1.68. The molecule has 0 saturated heterocycles. The molecular weight excluding hydrogens is 262 g/mol. The number of hydrogen-bond donors (Lipinski definition) is 2. The molecule has 0 saturated carbocycles. The molecule has 104 valence electrons. The van der Waals surface area contributed by atoms with E-state index in [1.54, 1.807) is 31.3 Å². The lowest BCUT2D eigenvalue weighted by molar-refractivity contribution is 0.102. The fourth-order valence-electron chi connectivity index (χ4n) is 1.83. The van der Waals surface area contributed by atoms with Crippen LogP contribution in [0.4, 0.5) is 20.2 Å². The van der Waals surface area contributed by atoms with Gasteiger partial charge >= 0.3 is 0 Å². The fraction of sp³-hybridized carbons (Fsp3) is 0.133. The number of carbonyl (C=O) groups excluding carboxylic acids is 1. The van der Waals surface area contributed by atoms with Crippen LogP contribution in [-0.4, -0.2) is 13.0 Å². The predicted molar refractivity (Wildman–Crippen MR) is 75.0 cm³/mol. The Bertz CT molecular complexity index is 656. The summed E-state index contributed by atoms with van der Waals surface area (Å²) in [6, 6.07) is 8.82. The van der Waals surface area contributed by atoms with E-state index in [4.69, 9.17) is 0 Å². The number of amides is 1. The van der Waals surface area contributed by atoms with Crippen molar-refractivity contribution in [3.63, 3.8) is 0 Å². The number of para-hydroxylation sites is 1. The Morgan fingerprint density at radius 2 is 1.75 bits per heavy atom. The summed E-state index contributed by atoms with van der Waals surface area (Å²) in [5.41, 5.74) is 0.980. The van der Waals surface area contributed by atoms with Crippen LogP contribution in [0.3, 0.4) is 0 Å². The number of anilines is 2. The number of benzene rings is 2. The van der Waals surface area contributed by atoms with Gasteiger partial charge in [-0.2, -0.15) is 0 Å². The highest BCUT2D eigenvalue weighted by molar-refractivity contribution is 6.08. The number of hydrogen-bond acceptors (Lipinski definition) is 2. The van der Waals surface area contributed by atoms with Crippen molar-refractivity contribution in [2.75, 3.05) is 17.7 Å². The molecule has 20 heavy (non-hydrogen) atoms. The van der Waals surface area contributed by atoms with Crippen LogP contribution in [0.5, 0.6) is 0 Å². The number of rotatable bonds is 3. The van der Waals surface area contributed by atoms with Crippen molar-refractivity contribution >= 4 is 17.3 Å². The van der Waals surface area contributed by atoms with Gasteiger partial charge < -0.3 is 10.6 Å². The molecule has 2 aromatic rings. The summed E-state index contributed by atoms with van der Waals surface area (Å²) in [6.45, 7) is 1.46. The largest absolute Gasteiger partial charge is 0.387 e. The molecule has 0 aliphatic rings. The lowest BCUT2D eigenvalue weighted by atomic mass is 10.1. The van der Waals surface area contributed by atoms with E-state index in [1.807, 2.05) is 0 Å². The van der Waals surface area contributed by atoms with Gasteiger partial charge in [0, 0.05) is 18.8 Å². The minimum atomic E-state index is -0.667. The van der Waals surface area contributed by atoms with Crippen molar-refractivity contribution in [1.82, 2.24) is 0 Å². The first-order chi connectivity index (χ1) is 9.52. The summed E-state index contributed by atoms with van der Waals surface area (Å²) < 4.78 is 27.1. The van der Waals surface area contributed by atoms with E-state index in [0.29, 0.717) is 11.3 Å². The van der Waals surface area contributed by atoms with E-state index in [9.17, 15) is 13.6 Å². The van der Waals surface area contributed by atoms with Crippen LogP contribution in [0, 0.1) is 18.6 Å². The SMILES string of the molecule is CNc1ccccc1C(=O)Nc1cc(F)c(C)cc1F. The molecule has 0 aliphatic heterocycles. The van der Waals surface area contributed by atoms with Crippen LogP contribution in [0.2, 0.25) is 0 Å². The molecule has 0 aliphatic carbocycles. The van der Waals surface area contributed by atoms with Crippen LogP contribution in [0.25, 0.3) is 0 Å². The summed E-state index contributed by atoms with van der Waals surface area (Å²) in [6.07, 6.45) is 0. The maximum absolute atomic E-state index is 13.7. The second-order valence-electron chi connectivity index (χ2n) is 4.33. The molecule has 5 heteroatoms. The standard InChI is InChI=1S/C15H14F2N2O/c1-9-7-12(17)14(8-11(9)16)19-15(20)10-5-3-4-6-13(10)18-2/h3-8,18H,1-2H3,(H,19,20). The molecule has 0 heterocycles. The van der Waals surface area contributed by atoms with Gasteiger partial charge in [0.1, 0.15) is 11.6 Å². The van der Waals surface area contributed by atoms with E-state index in [0.717, 1.165) is 12.1 Å². The lowest BCUT2D eigenvalue weighted by Crippen LogP contribution is -2.15. The van der Waals surface area contributed by atoms with Crippen LogP contribution in [-0.2, 0) is 0 Å². The summed E-state index contributed by atoms with van der Waals surface area (Å²) >= 11 is 0. The molecule has 2 aromatic carbocycles. The molecule has 0 unspecified atom stereocenters. The number of nitrogens with one attached hydrogen (secondary N) is 2. The second kappa shape index (κ2) is 5.69. The molecule has 0 aromatic heterocycles. The zero-order valence-electron chi connectivity index (χ0n) is 11.1. The Hall–Kier alpha value is -2.43. The van der Waals surface area contributed by atoms with Gasteiger partial charge in [0.05, 0.1) is 11.3 Å². The highest BCUT2D eigenvalue weighted by Gasteiger charge is 2.14. The lowest BCUT2D eigenvalue weighted by Gasteiger charge is -2.11. The molecule has 0 fully saturated rings. The first-order valence-electron chi connectivity index (χ1n) is 6.06. The monoisotopic (exact) mass is 276 g/mol. The van der Waals surface area contributed by atoms with Crippen LogP contribution in [0.1, 0.15) is 15.9 Å². The van der Waals surface area contributed by atoms with E-state index in [-0.39, 0.29) is 11.3 Å². The molecule has 0 atom stereocenters. The third-order valence-corrected chi connectivity index (χ3v) is 2.94. The summed E-state index contributed by atoms with van der Waals surface area (Å²) in [5.74, 6) is -1.74. The van der Waals surface area contributed by atoms with Crippen molar-refractivity contribution < 1.29 is 13.6 Å². The van der Waals surface area contributed by atoms with Gasteiger partial charge in [-0.05, 0) is 30.7 Å². The van der Waals surface area contributed by atoms with Gasteiger partial charge in [0.25, 0.3) is 5.91 Å². The molecule has 0 bridgehead atoms. The Morgan fingerprint density at radius 3 is 2.45 bits per heavy atom. The minimum absolute atomic E-state index is 0.177. The number of aryl methyl sites for hydroxylation is 1. The topological polar surface area (TPSA) is 41.1 Å². The summed E-state index contributed by atoms with van der Waals surface area (Å²) in [4.78, 5) is 12.1. The van der Waals surface area contributed by atoms with Crippen LogP contribution in [0.15, 0.2) is 36.4 Å². The highest BCUT2D eigenvalue weighted by atomic mass is 19.1. The van der Waals surface area contributed by atoms with Crippen molar-refractivity contribution in [1.29, 1.82) is 0 Å². The summed E-state index contributed by atoms with van der Waals surface area (Å²) in [5, 5.41) is 5.24. The molecule has 2 N–H and O–H groups in total. The third kappa shape index (κ3) is 2.77. The first-order valence-corrected chi connectivity index (χ1v) is 6.06. The Kier molecular flexibility index (Phi) is 3.98. The van der Waals surface area contributed by atoms with Crippen molar-refractivity contribution in [2.24, 2.45) is 0 Å². The van der Waals surface area contributed by atoms with Gasteiger partial charge in [-0.3, -0.25) is 4.79 Å². The molecule has 1 amide bonds. The Morgan fingerprint density at radius 1 is 1.05 bits per heavy atom. The van der Waals surface area contributed by atoms with Crippen LogP contribution >= 0.6 is 0 Å². The van der Waals surface area contributed by atoms with Gasteiger partial charge in [-0.15, -0.1) is 0 Å². The first kappa shape index (κ1) is 14.0. The van der Waals surface area contributed by atoms with Gasteiger partial charge in [-0.1, -0.05) is 12.1 Å². The third-order valence-electron chi connectivity index (χ3n) is 2.94. The van der Waals surface area contributed by atoms with Crippen molar-refractivity contribution in [3.8, 4) is 0 Å². The zero-order valence-corrected chi connectivity index (χ0v) is 11.1. The smallest absolute Gasteiger partial charge is 0.257 e. The average Bonchev–Trinajstić information content (AvgIpc) is 2.44. The minimum Gasteiger partial charge on any atom is -0.387 e. The quantitative estimate of drug-likeness (QED) is 0.899. The zero-order chi connectivity index (χ0) is 14.7. The molecule has 0 spiro atoms. The van der Waals surface area contributed by atoms with Crippen molar-refractivity contribution in [2.45, 2.75) is 6.92 Å². The van der Waals surface area contributed by atoms with Gasteiger partial charge in [-0.25, -0.2) is 8.78 Å². The average molecular weight is 276 g/mol. The number of carbonyl (C=O) groups is 1. The fourth-order valence-corrected chi connectivity index (χ4v) is 1.83. The maximum atomic E-state index is 13.7. The number of halogens is 2. The highest BCUT2D eigenvalue weighted by Crippen LogP contribution is 2.21. The molecule has 3 nitrogen and oxygen atoms in total. The van der Waals surface area contributed by atoms with E-state index in [2.05, 4.69) is 10.6 Å². The molecular formula is C15H14F2N2O. The van der Waals surface area contributed by atoms with Gasteiger partial charge in [0.15, 0.2) is 0 Å².